The van der Waals surface area contributed by atoms with Gasteiger partial charge in [-0.15, -0.1) is 10.2 Å². The van der Waals surface area contributed by atoms with Gasteiger partial charge in [0, 0.05) is 6.04 Å². The molecule has 0 amide bonds. The fourth-order valence-electron chi connectivity index (χ4n) is 1.47. The lowest BCUT2D eigenvalue weighted by molar-refractivity contribution is 0.520. The zero-order chi connectivity index (χ0) is 11.3. The second kappa shape index (κ2) is 6.05. The van der Waals surface area contributed by atoms with E-state index in [1.54, 1.807) is 11.3 Å². The minimum atomic E-state index is 0.496. The zero-order valence-corrected chi connectivity index (χ0v) is 10.9. The van der Waals surface area contributed by atoms with Crippen LogP contribution < -0.4 is 5.32 Å². The molecule has 1 aromatic rings. The second-order valence-electron chi connectivity index (χ2n) is 4.50. The predicted octanol–water partition coefficient (Wildman–Crippen LogP) is 3.47. The molecule has 0 aromatic carbocycles. The van der Waals surface area contributed by atoms with E-state index in [1.807, 2.05) is 6.92 Å². The molecular formula is C11H21N3S. The van der Waals surface area contributed by atoms with Crippen LogP contribution in [0.3, 0.4) is 0 Å². The summed E-state index contributed by atoms with van der Waals surface area (Å²) < 4.78 is 0. The number of hydrogen-bond acceptors (Lipinski definition) is 4. The second-order valence-corrected chi connectivity index (χ2v) is 5.68. The third-order valence-electron chi connectivity index (χ3n) is 2.31. The van der Waals surface area contributed by atoms with E-state index in [0.717, 1.165) is 16.1 Å². The molecule has 15 heavy (non-hydrogen) atoms. The number of anilines is 1. The summed E-state index contributed by atoms with van der Waals surface area (Å²) in [4.78, 5) is 0. The first kappa shape index (κ1) is 12.4. The van der Waals surface area contributed by atoms with Crippen molar-refractivity contribution in [2.75, 3.05) is 5.32 Å². The van der Waals surface area contributed by atoms with Gasteiger partial charge >= 0.3 is 0 Å². The summed E-state index contributed by atoms with van der Waals surface area (Å²) in [5.41, 5.74) is 0. The molecule has 0 saturated heterocycles. The van der Waals surface area contributed by atoms with Gasteiger partial charge in [-0.25, -0.2) is 0 Å². The Balaban J connectivity index is 2.21. The van der Waals surface area contributed by atoms with Crippen molar-refractivity contribution >= 4 is 16.5 Å². The lowest BCUT2D eigenvalue weighted by Crippen LogP contribution is -2.14. The van der Waals surface area contributed by atoms with Crippen LogP contribution in [0.5, 0.6) is 0 Å². The highest BCUT2D eigenvalue weighted by molar-refractivity contribution is 7.15. The Kier molecular flexibility index (Phi) is 5.02. The van der Waals surface area contributed by atoms with Gasteiger partial charge in [0.1, 0.15) is 5.01 Å². The third kappa shape index (κ3) is 5.11. The van der Waals surface area contributed by atoms with Gasteiger partial charge in [-0.2, -0.15) is 0 Å². The van der Waals surface area contributed by atoms with Crippen molar-refractivity contribution in [3.8, 4) is 0 Å². The van der Waals surface area contributed by atoms with Crippen LogP contribution >= 0.6 is 11.3 Å². The molecule has 0 bridgehead atoms. The minimum absolute atomic E-state index is 0.496. The Bertz CT molecular complexity index is 283. The van der Waals surface area contributed by atoms with Crippen LogP contribution in [-0.2, 0) is 0 Å². The first-order valence-corrected chi connectivity index (χ1v) is 6.46. The predicted molar refractivity (Wildman–Crippen MR) is 66.4 cm³/mol. The number of rotatable bonds is 6. The van der Waals surface area contributed by atoms with Crippen molar-refractivity contribution in [2.24, 2.45) is 5.92 Å². The molecule has 1 rings (SSSR count). The minimum Gasteiger partial charge on any atom is -0.358 e. The maximum atomic E-state index is 4.06. The first-order valence-electron chi connectivity index (χ1n) is 5.64. The van der Waals surface area contributed by atoms with Crippen LogP contribution in [0, 0.1) is 12.8 Å². The molecule has 1 N–H and O–H groups in total. The van der Waals surface area contributed by atoms with Gasteiger partial charge in [0.25, 0.3) is 0 Å². The molecule has 0 fully saturated rings. The molecule has 0 aliphatic carbocycles. The SMILES string of the molecule is Cc1nnc(NC(C)CCCC(C)C)s1. The van der Waals surface area contributed by atoms with E-state index in [4.69, 9.17) is 0 Å². The summed E-state index contributed by atoms with van der Waals surface area (Å²) in [6.45, 7) is 8.72. The summed E-state index contributed by atoms with van der Waals surface area (Å²) in [6.07, 6.45) is 3.79. The van der Waals surface area contributed by atoms with Crippen LogP contribution in [-0.4, -0.2) is 16.2 Å². The highest BCUT2D eigenvalue weighted by Gasteiger charge is 2.05. The number of aryl methyl sites for hydroxylation is 1. The summed E-state index contributed by atoms with van der Waals surface area (Å²) >= 11 is 1.62. The molecular weight excluding hydrogens is 206 g/mol. The molecule has 1 atom stereocenters. The van der Waals surface area contributed by atoms with Gasteiger partial charge in [-0.3, -0.25) is 0 Å². The van der Waals surface area contributed by atoms with Crippen molar-refractivity contribution in [1.29, 1.82) is 0 Å². The van der Waals surface area contributed by atoms with E-state index in [2.05, 4.69) is 36.3 Å². The Labute approximate surface area is 96.3 Å². The number of aromatic nitrogens is 2. The van der Waals surface area contributed by atoms with Gasteiger partial charge < -0.3 is 5.32 Å². The molecule has 0 aliphatic heterocycles. The molecule has 1 unspecified atom stereocenters. The smallest absolute Gasteiger partial charge is 0.205 e. The summed E-state index contributed by atoms with van der Waals surface area (Å²) in [7, 11) is 0. The van der Waals surface area contributed by atoms with E-state index in [0.29, 0.717) is 6.04 Å². The number of nitrogens with zero attached hydrogens (tertiary/aromatic N) is 2. The normalized spacial score (nSPS) is 13.1. The van der Waals surface area contributed by atoms with Gasteiger partial charge in [-0.05, 0) is 26.2 Å². The van der Waals surface area contributed by atoms with E-state index >= 15 is 0 Å². The van der Waals surface area contributed by atoms with Crippen molar-refractivity contribution in [3.63, 3.8) is 0 Å². The average Bonchev–Trinajstić information content (AvgIpc) is 2.50. The van der Waals surface area contributed by atoms with Crippen molar-refractivity contribution in [3.05, 3.63) is 5.01 Å². The largest absolute Gasteiger partial charge is 0.358 e. The Morgan fingerprint density at radius 3 is 2.47 bits per heavy atom. The Morgan fingerprint density at radius 2 is 1.93 bits per heavy atom. The summed E-state index contributed by atoms with van der Waals surface area (Å²) in [5, 5.41) is 13.4. The van der Waals surface area contributed by atoms with E-state index < -0.39 is 0 Å². The monoisotopic (exact) mass is 227 g/mol. The maximum absolute atomic E-state index is 4.06. The zero-order valence-electron chi connectivity index (χ0n) is 10.1. The van der Waals surface area contributed by atoms with E-state index in [-0.39, 0.29) is 0 Å². The summed E-state index contributed by atoms with van der Waals surface area (Å²) in [5.74, 6) is 0.806. The highest BCUT2D eigenvalue weighted by atomic mass is 32.1. The van der Waals surface area contributed by atoms with Gasteiger partial charge in [0.15, 0.2) is 0 Å². The van der Waals surface area contributed by atoms with Crippen molar-refractivity contribution in [2.45, 2.75) is 53.0 Å². The quantitative estimate of drug-likeness (QED) is 0.808. The molecule has 86 valence electrons. The van der Waals surface area contributed by atoms with Crippen LogP contribution in [0.25, 0.3) is 0 Å². The molecule has 0 saturated carbocycles. The van der Waals surface area contributed by atoms with Crippen molar-refractivity contribution in [1.82, 2.24) is 10.2 Å². The molecule has 4 heteroatoms. The van der Waals surface area contributed by atoms with Crippen LogP contribution in [0.1, 0.15) is 45.0 Å². The lowest BCUT2D eigenvalue weighted by Gasteiger charge is -2.12. The fraction of sp³-hybridized carbons (Fsp3) is 0.818. The third-order valence-corrected chi connectivity index (χ3v) is 3.08. The Hall–Kier alpha value is -0.640. The Morgan fingerprint density at radius 1 is 1.20 bits per heavy atom. The molecule has 0 aliphatic rings. The number of nitrogens with one attached hydrogen (secondary N) is 1. The molecule has 0 radical (unpaired) electrons. The van der Waals surface area contributed by atoms with Crippen LogP contribution in [0.4, 0.5) is 5.13 Å². The fourth-order valence-corrected chi connectivity index (χ4v) is 2.17. The molecule has 1 heterocycles. The molecule has 3 nitrogen and oxygen atoms in total. The van der Waals surface area contributed by atoms with E-state index in [1.165, 1.54) is 19.3 Å². The average molecular weight is 227 g/mol. The highest BCUT2D eigenvalue weighted by Crippen LogP contribution is 2.17. The standard InChI is InChI=1S/C11H21N3S/c1-8(2)6-5-7-9(3)12-11-14-13-10(4)15-11/h8-9H,5-7H2,1-4H3,(H,12,14). The molecule has 0 spiro atoms. The van der Waals surface area contributed by atoms with Gasteiger partial charge in [0.05, 0.1) is 0 Å². The number of hydrogen-bond donors (Lipinski definition) is 1. The van der Waals surface area contributed by atoms with Gasteiger partial charge in [-0.1, -0.05) is 38.0 Å². The van der Waals surface area contributed by atoms with Gasteiger partial charge in [0.2, 0.25) is 5.13 Å². The lowest BCUT2D eigenvalue weighted by atomic mass is 10.0. The topological polar surface area (TPSA) is 37.8 Å². The summed E-state index contributed by atoms with van der Waals surface area (Å²) in [6, 6.07) is 0.496. The van der Waals surface area contributed by atoms with Crippen LogP contribution in [0.15, 0.2) is 0 Å². The van der Waals surface area contributed by atoms with Crippen LogP contribution in [0.2, 0.25) is 0 Å². The first-order chi connectivity index (χ1) is 7.08. The van der Waals surface area contributed by atoms with E-state index in [9.17, 15) is 0 Å². The molecule has 1 aromatic heterocycles. The maximum Gasteiger partial charge on any atom is 0.205 e. The van der Waals surface area contributed by atoms with Crippen molar-refractivity contribution < 1.29 is 0 Å².